The van der Waals surface area contributed by atoms with Crippen molar-refractivity contribution in [2.45, 2.75) is 32.4 Å². The number of benzene rings is 1. The number of nitro groups is 1. The van der Waals surface area contributed by atoms with Crippen LogP contribution in [0.2, 0.25) is 0 Å². The number of hydrogen-bond donors (Lipinski definition) is 1. The van der Waals surface area contributed by atoms with E-state index in [1.54, 1.807) is 6.92 Å². The highest BCUT2D eigenvalue weighted by atomic mass is 32.1. The summed E-state index contributed by atoms with van der Waals surface area (Å²) in [4.78, 5) is 34.3. The molecule has 3 aromatic rings. The number of carbonyl (C=O) groups is 1. The minimum atomic E-state index is -0.651. The Bertz CT molecular complexity index is 1100. The SMILES string of the molecule is CCOC(=O)OC1CCN(c2nc(NCc3ccccc3)c3cc([N+](=O)[O-])sc3n2)CC1. The predicted molar refractivity (Wildman–Crippen MR) is 121 cm³/mol. The molecule has 1 aliphatic heterocycles. The summed E-state index contributed by atoms with van der Waals surface area (Å²) in [5.41, 5.74) is 1.07. The topological polar surface area (TPSA) is 120 Å². The monoisotopic (exact) mass is 457 g/mol. The smallest absolute Gasteiger partial charge is 0.435 e. The summed E-state index contributed by atoms with van der Waals surface area (Å²) in [7, 11) is 0. The maximum atomic E-state index is 11.6. The number of nitrogens with one attached hydrogen (secondary N) is 1. The van der Waals surface area contributed by atoms with Gasteiger partial charge >= 0.3 is 11.2 Å². The van der Waals surface area contributed by atoms with Gasteiger partial charge in [0.15, 0.2) is 0 Å². The molecule has 0 radical (unpaired) electrons. The van der Waals surface area contributed by atoms with Crippen molar-refractivity contribution in [2.24, 2.45) is 0 Å². The highest BCUT2D eigenvalue weighted by molar-refractivity contribution is 7.21. The molecule has 0 atom stereocenters. The van der Waals surface area contributed by atoms with E-state index in [-0.39, 0.29) is 17.7 Å². The standard InChI is InChI=1S/C21H23N5O5S/c1-2-30-21(27)31-15-8-10-25(11-9-15)20-23-18(22-13-14-6-4-3-5-7-14)16-12-17(26(28)29)32-19(16)24-20/h3-7,12,15H,2,8-11,13H2,1H3,(H,22,23,24). The summed E-state index contributed by atoms with van der Waals surface area (Å²) in [6.45, 7) is 3.74. The van der Waals surface area contributed by atoms with Crippen LogP contribution in [0.15, 0.2) is 36.4 Å². The molecule has 0 aliphatic carbocycles. The Hall–Kier alpha value is -3.47. The lowest BCUT2D eigenvalue weighted by atomic mass is 10.1. The van der Waals surface area contributed by atoms with Crippen molar-refractivity contribution in [1.82, 2.24) is 9.97 Å². The Labute approximate surface area is 188 Å². The summed E-state index contributed by atoms with van der Waals surface area (Å²) >= 11 is 1.03. The Morgan fingerprint density at radius 2 is 2.03 bits per heavy atom. The first-order valence-electron chi connectivity index (χ1n) is 10.4. The Kier molecular flexibility index (Phi) is 6.64. The fourth-order valence-electron chi connectivity index (χ4n) is 3.51. The predicted octanol–water partition coefficient (Wildman–Crippen LogP) is 4.35. The van der Waals surface area contributed by atoms with Crippen LogP contribution in [-0.2, 0) is 16.0 Å². The second-order valence-electron chi connectivity index (χ2n) is 7.26. The van der Waals surface area contributed by atoms with Gasteiger partial charge in [-0.3, -0.25) is 10.1 Å². The summed E-state index contributed by atoms with van der Waals surface area (Å²) < 4.78 is 10.2. The number of piperidine rings is 1. The van der Waals surface area contributed by atoms with Gasteiger partial charge in [0.1, 0.15) is 16.8 Å². The summed E-state index contributed by atoms with van der Waals surface area (Å²) in [5.74, 6) is 1.06. The number of nitrogens with zero attached hydrogens (tertiary/aromatic N) is 4. The van der Waals surface area contributed by atoms with Gasteiger partial charge in [0.25, 0.3) is 0 Å². The average molecular weight is 458 g/mol. The fraction of sp³-hybridized carbons (Fsp3) is 0.381. The van der Waals surface area contributed by atoms with Crippen LogP contribution < -0.4 is 10.2 Å². The van der Waals surface area contributed by atoms with Crippen molar-refractivity contribution in [3.63, 3.8) is 0 Å². The third kappa shape index (κ3) is 5.05. The number of hydrogen-bond acceptors (Lipinski definition) is 10. The largest absolute Gasteiger partial charge is 0.508 e. The lowest BCUT2D eigenvalue weighted by molar-refractivity contribution is -0.380. The summed E-state index contributed by atoms with van der Waals surface area (Å²) in [5, 5.41) is 15.3. The minimum Gasteiger partial charge on any atom is -0.435 e. The summed E-state index contributed by atoms with van der Waals surface area (Å²) in [6, 6.07) is 11.4. The number of anilines is 2. The molecule has 1 N–H and O–H groups in total. The van der Waals surface area contributed by atoms with Crippen LogP contribution in [0, 0.1) is 10.1 Å². The Morgan fingerprint density at radius 1 is 1.28 bits per heavy atom. The average Bonchev–Trinajstić information content (AvgIpc) is 3.24. The van der Waals surface area contributed by atoms with E-state index in [1.807, 2.05) is 35.2 Å². The first-order chi connectivity index (χ1) is 15.5. The second-order valence-corrected chi connectivity index (χ2v) is 8.27. The van der Waals surface area contributed by atoms with E-state index in [0.29, 0.717) is 54.5 Å². The Balaban J connectivity index is 1.54. The zero-order valence-electron chi connectivity index (χ0n) is 17.5. The van der Waals surface area contributed by atoms with Crippen LogP contribution in [-0.4, -0.2) is 46.8 Å². The lowest BCUT2D eigenvalue weighted by Crippen LogP contribution is -2.39. The normalized spacial score (nSPS) is 14.3. The third-order valence-electron chi connectivity index (χ3n) is 5.10. The molecule has 0 unspecified atom stereocenters. The molecule has 0 bridgehead atoms. The van der Waals surface area contributed by atoms with Crippen molar-refractivity contribution in [2.75, 3.05) is 29.9 Å². The van der Waals surface area contributed by atoms with Gasteiger partial charge in [0.05, 0.1) is 16.9 Å². The first kappa shape index (κ1) is 21.8. The molecule has 0 spiro atoms. The molecule has 1 aliphatic rings. The molecule has 3 heterocycles. The summed E-state index contributed by atoms with van der Waals surface area (Å²) in [6.07, 6.45) is 0.379. The van der Waals surface area contributed by atoms with E-state index in [2.05, 4.69) is 15.3 Å². The van der Waals surface area contributed by atoms with Crippen molar-refractivity contribution in [1.29, 1.82) is 0 Å². The van der Waals surface area contributed by atoms with Crippen molar-refractivity contribution >= 4 is 44.5 Å². The van der Waals surface area contributed by atoms with Crippen LogP contribution in [0.1, 0.15) is 25.3 Å². The quantitative estimate of drug-likeness (QED) is 0.313. The van der Waals surface area contributed by atoms with Gasteiger partial charge in [-0.1, -0.05) is 30.3 Å². The molecule has 4 rings (SSSR count). The van der Waals surface area contributed by atoms with Crippen LogP contribution >= 0.6 is 11.3 Å². The molecule has 1 aromatic carbocycles. The highest BCUT2D eigenvalue weighted by Gasteiger charge is 2.26. The Morgan fingerprint density at radius 3 is 2.72 bits per heavy atom. The van der Waals surface area contributed by atoms with Crippen LogP contribution in [0.5, 0.6) is 0 Å². The highest BCUT2D eigenvalue weighted by Crippen LogP contribution is 2.35. The minimum absolute atomic E-state index is 0.0238. The van der Waals surface area contributed by atoms with Crippen molar-refractivity contribution in [3.8, 4) is 0 Å². The molecule has 2 aromatic heterocycles. The molecule has 1 saturated heterocycles. The van der Waals surface area contributed by atoms with Crippen molar-refractivity contribution in [3.05, 3.63) is 52.1 Å². The first-order valence-corrected chi connectivity index (χ1v) is 11.2. The van der Waals surface area contributed by atoms with Gasteiger partial charge in [0, 0.05) is 38.5 Å². The van der Waals surface area contributed by atoms with Crippen LogP contribution in [0.4, 0.5) is 21.6 Å². The molecule has 32 heavy (non-hydrogen) atoms. The molecular formula is C21H23N5O5S. The van der Waals surface area contributed by atoms with E-state index in [9.17, 15) is 14.9 Å². The van der Waals surface area contributed by atoms with E-state index in [0.717, 1.165) is 16.9 Å². The van der Waals surface area contributed by atoms with Crippen molar-refractivity contribution < 1.29 is 19.2 Å². The van der Waals surface area contributed by atoms with Gasteiger partial charge in [-0.05, 0) is 23.8 Å². The zero-order chi connectivity index (χ0) is 22.5. The number of rotatable bonds is 7. The molecule has 10 nitrogen and oxygen atoms in total. The number of ether oxygens (including phenoxy) is 2. The maximum absolute atomic E-state index is 11.6. The fourth-order valence-corrected chi connectivity index (χ4v) is 4.35. The lowest BCUT2D eigenvalue weighted by Gasteiger charge is -2.31. The molecule has 1 fully saturated rings. The second kappa shape index (κ2) is 9.77. The van der Waals surface area contributed by atoms with Crippen LogP contribution in [0.25, 0.3) is 10.2 Å². The van der Waals surface area contributed by atoms with Gasteiger partial charge in [-0.25, -0.2) is 9.78 Å². The number of carbonyl (C=O) groups excluding carboxylic acids is 1. The van der Waals surface area contributed by atoms with Gasteiger partial charge in [-0.2, -0.15) is 4.98 Å². The number of thiophene rings is 1. The molecule has 11 heteroatoms. The van der Waals surface area contributed by atoms with E-state index in [1.165, 1.54) is 6.07 Å². The van der Waals surface area contributed by atoms with E-state index in [4.69, 9.17) is 9.47 Å². The van der Waals surface area contributed by atoms with E-state index >= 15 is 0 Å². The molecule has 168 valence electrons. The zero-order valence-corrected chi connectivity index (χ0v) is 18.3. The van der Waals surface area contributed by atoms with Gasteiger partial charge < -0.3 is 19.7 Å². The van der Waals surface area contributed by atoms with E-state index < -0.39 is 11.1 Å². The van der Waals surface area contributed by atoms with Gasteiger partial charge in [-0.15, -0.1) is 0 Å². The number of aromatic nitrogens is 2. The van der Waals surface area contributed by atoms with Crippen LogP contribution in [0.3, 0.4) is 0 Å². The molecule has 0 saturated carbocycles. The maximum Gasteiger partial charge on any atom is 0.508 e. The molecule has 0 amide bonds. The molecular weight excluding hydrogens is 434 g/mol. The van der Waals surface area contributed by atoms with Gasteiger partial charge in [0.2, 0.25) is 5.95 Å². The third-order valence-corrected chi connectivity index (χ3v) is 6.08. The number of fused-ring (bicyclic) bond motifs is 1.